The molecule has 0 saturated carbocycles. The van der Waals surface area contributed by atoms with Gasteiger partial charge in [-0.15, -0.1) is 0 Å². The van der Waals surface area contributed by atoms with Crippen LogP contribution in [0.4, 0.5) is 16.3 Å². The lowest BCUT2D eigenvalue weighted by atomic mass is 10.2. The number of anilines is 2. The van der Waals surface area contributed by atoms with Crippen LogP contribution in [0.1, 0.15) is 5.56 Å². The van der Waals surface area contributed by atoms with Gasteiger partial charge in [0.2, 0.25) is 0 Å². The first-order chi connectivity index (χ1) is 10.7. The molecule has 22 heavy (non-hydrogen) atoms. The van der Waals surface area contributed by atoms with Crippen LogP contribution in [0.25, 0.3) is 0 Å². The molecule has 1 N–H and O–H groups in total. The molecule has 5 heteroatoms. The number of para-hydroxylation sites is 1. The lowest BCUT2D eigenvalue weighted by Crippen LogP contribution is -2.50. The predicted molar refractivity (Wildman–Crippen MR) is 88.2 cm³/mol. The van der Waals surface area contributed by atoms with Gasteiger partial charge in [-0.25, -0.2) is 9.78 Å². The minimum Gasteiger partial charge on any atom is -0.368 e. The highest BCUT2D eigenvalue weighted by molar-refractivity contribution is 5.88. The van der Waals surface area contributed by atoms with E-state index in [1.165, 1.54) is 5.69 Å². The van der Waals surface area contributed by atoms with Gasteiger partial charge in [0.15, 0.2) is 0 Å². The lowest BCUT2D eigenvalue weighted by molar-refractivity contribution is 0.208. The average Bonchev–Trinajstić information content (AvgIpc) is 2.58. The van der Waals surface area contributed by atoms with E-state index in [4.69, 9.17) is 0 Å². The van der Waals surface area contributed by atoms with E-state index in [1.54, 1.807) is 6.20 Å². The highest BCUT2D eigenvalue weighted by Gasteiger charge is 2.21. The van der Waals surface area contributed by atoms with Crippen LogP contribution in [0, 0.1) is 6.92 Å². The number of benzene rings is 1. The van der Waals surface area contributed by atoms with Gasteiger partial charge in [-0.05, 0) is 30.7 Å². The summed E-state index contributed by atoms with van der Waals surface area (Å²) < 4.78 is 0. The molecule has 2 aromatic rings. The van der Waals surface area contributed by atoms with Crippen LogP contribution in [-0.4, -0.2) is 42.1 Å². The molecule has 1 aromatic carbocycles. The zero-order chi connectivity index (χ0) is 15.4. The maximum atomic E-state index is 12.3. The van der Waals surface area contributed by atoms with Crippen molar-refractivity contribution in [1.82, 2.24) is 9.88 Å². The topological polar surface area (TPSA) is 48.5 Å². The summed E-state index contributed by atoms with van der Waals surface area (Å²) in [5, 5.41) is 2.85. The number of aryl methyl sites for hydroxylation is 1. The van der Waals surface area contributed by atoms with Crippen molar-refractivity contribution in [1.29, 1.82) is 0 Å². The van der Waals surface area contributed by atoms with E-state index in [-0.39, 0.29) is 6.03 Å². The summed E-state index contributed by atoms with van der Waals surface area (Å²) in [6, 6.07) is 14.0. The van der Waals surface area contributed by atoms with Crippen molar-refractivity contribution >= 4 is 17.5 Å². The smallest absolute Gasteiger partial charge is 0.323 e. The number of carbonyl (C=O) groups excluding carboxylic acids is 1. The number of piperazine rings is 1. The molecule has 1 aliphatic rings. The SMILES string of the molecule is Cc1ccc(NC(=O)N2CCN(c3ccccc3)CC2)nc1. The Labute approximate surface area is 130 Å². The van der Waals surface area contributed by atoms with Gasteiger partial charge in [-0.2, -0.15) is 0 Å². The van der Waals surface area contributed by atoms with Crippen LogP contribution in [0.3, 0.4) is 0 Å². The Morgan fingerprint density at radius 3 is 2.41 bits per heavy atom. The van der Waals surface area contributed by atoms with Crippen LogP contribution in [0.2, 0.25) is 0 Å². The number of hydrogen-bond acceptors (Lipinski definition) is 3. The molecule has 1 aliphatic heterocycles. The number of amides is 2. The van der Waals surface area contributed by atoms with Crippen LogP contribution < -0.4 is 10.2 Å². The maximum absolute atomic E-state index is 12.3. The molecule has 0 spiro atoms. The molecule has 1 saturated heterocycles. The molecule has 0 radical (unpaired) electrons. The van der Waals surface area contributed by atoms with E-state index < -0.39 is 0 Å². The van der Waals surface area contributed by atoms with Gasteiger partial charge in [0, 0.05) is 38.1 Å². The quantitative estimate of drug-likeness (QED) is 0.927. The second-order valence-corrected chi connectivity index (χ2v) is 5.46. The number of hydrogen-bond donors (Lipinski definition) is 1. The van der Waals surface area contributed by atoms with Gasteiger partial charge in [0.05, 0.1) is 0 Å². The van der Waals surface area contributed by atoms with Crippen LogP contribution in [0.5, 0.6) is 0 Å². The van der Waals surface area contributed by atoms with Gasteiger partial charge < -0.3 is 9.80 Å². The third-order valence-corrected chi connectivity index (χ3v) is 3.83. The first kappa shape index (κ1) is 14.4. The molecule has 0 unspecified atom stereocenters. The molecule has 1 fully saturated rings. The Morgan fingerprint density at radius 1 is 1.05 bits per heavy atom. The Morgan fingerprint density at radius 2 is 1.77 bits per heavy atom. The van der Waals surface area contributed by atoms with Gasteiger partial charge >= 0.3 is 6.03 Å². The first-order valence-electron chi connectivity index (χ1n) is 7.51. The third kappa shape index (κ3) is 3.36. The standard InChI is InChI=1S/C17H20N4O/c1-14-7-8-16(18-13-14)19-17(22)21-11-9-20(10-12-21)15-5-3-2-4-6-15/h2-8,13H,9-12H2,1H3,(H,18,19,22). The highest BCUT2D eigenvalue weighted by Crippen LogP contribution is 2.16. The number of nitrogens with one attached hydrogen (secondary N) is 1. The van der Waals surface area contributed by atoms with E-state index in [0.717, 1.165) is 18.7 Å². The number of rotatable bonds is 2. The van der Waals surface area contributed by atoms with Gasteiger partial charge in [-0.3, -0.25) is 5.32 Å². The van der Waals surface area contributed by atoms with Crippen molar-refractivity contribution < 1.29 is 4.79 Å². The zero-order valence-electron chi connectivity index (χ0n) is 12.7. The average molecular weight is 296 g/mol. The molecule has 5 nitrogen and oxygen atoms in total. The van der Waals surface area contributed by atoms with Gasteiger partial charge in [-0.1, -0.05) is 24.3 Å². The van der Waals surface area contributed by atoms with Crippen molar-refractivity contribution in [3.05, 3.63) is 54.2 Å². The summed E-state index contributed by atoms with van der Waals surface area (Å²) in [6.07, 6.45) is 1.75. The van der Waals surface area contributed by atoms with E-state index in [0.29, 0.717) is 18.9 Å². The summed E-state index contributed by atoms with van der Waals surface area (Å²) >= 11 is 0. The molecular weight excluding hydrogens is 276 g/mol. The molecule has 1 aromatic heterocycles. The first-order valence-corrected chi connectivity index (χ1v) is 7.51. The summed E-state index contributed by atoms with van der Waals surface area (Å²) in [5.74, 6) is 0.598. The van der Waals surface area contributed by atoms with E-state index in [9.17, 15) is 4.79 Å². The molecular formula is C17H20N4O. The van der Waals surface area contributed by atoms with Crippen LogP contribution >= 0.6 is 0 Å². The predicted octanol–water partition coefficient (Wildman–Crippen LogP) is 2.74. The van der Waals surface area contributed by atoms with Crippen molar-refractivity contribution in [3.8, 4) is 0 Å². The molecule has 114 valence electrons. The Bertz CT molecular complexity index is 619. The van der Waals surface area contributed by atoms with Crippen molar-refractivity contribution in [3.63, 3.8) is 0 Å². The van der Waals surface area contributed by atoms with Gasteiger partial charge in [0.1, 0.15) is 5.82 Å². The summed E-state index contributed by atoms with van der Waals surface area (Å²) in [4.78, 5) is 20.6. The summed E-state index contributed by atoms with van der Waals surface area (Å²) in [6.45, 7) is 5.10. The van der Waals surface area contributed by atoms with Crippen molar-refractivity contribution in [2.45, 2.75) is 6.92 Å². The fourth-order valence-corrected chi connectivity index (χ4v) is 2.54. The number of aromatic nitrogens is 1. The van der Waals surface area contributed by atoms with E-state index in [1.807, 2.05) is 42.2 Å². The van der Waals surface area contributed by atoms with Gasteiger partial charge in [0.25, 0.3) is 0 Å². The fourth-order valence-electron chi connectivity index (χ4n) is 2.54. The summed E-state index contributed by atoms with van der Waals surface area (Å²) in [5.41, 5.74) is 2.29. The van der Waals surface area contributed by atoms with Crippen molar-refractivity contribution in [2.75, 3.05) is 36.4 Å². The second kappa shape index (κ2) is 6.47. The number of nitrogens with zero attached hydrogens (tertiary/aromatic N) is 3. The largest absolute Gasteiger partial charge is 0.368 e. The minimum absolute atomic E-state index is 0.0796. The zero-order valence-corrected chi connectivity index (χ0v) is 12.7. The Kier molecular flexibility index (Phi) is 4.23. The monoisotopic (exact) mass is 296 g/mol. The molecule has 0 atom stereocenters. The Hall–Kier alpha value is -2.56. The lowest BCUT2D eigenvalue weighted by Gasteiger charge is -2.36. The minimum atomic E-state index is -0.0796. The summed E-state index contributed by atoms with van der Waals surface area (Å²) in [7, 11) is 0. The van der Waals surface area contributed by atoms with Crippen LogP contribution in [0.15, 0.2) is 48.7 Å². The molecule has 3 rings (SSSR count). The van der Waals surface area contributed by atoms with E-state index >= 15 is 0 Å². The molecule has 0 aliphatic carbocycles. The second-order valence-electron chi connectivity index (χ2n) is 5.46. The van der Waals surface area contributed by atoms with Crippen LogP contribution in [-0.2, 0) is 0 Å². The Balaban J connectivity index is 1.54. The third-order valence-electron chi connectivity index (χ3n) is 3.83. The number of urea groups is 1. The maximum Gasteiger partial charge on any atom is 0.323 e. The van der Waals surface area contributed by atoms with E-state index in [2.05, 4.69) is 27.3 Å². The van der Waals surface area contributed by atoms with Crippen molar-refractivity contribution in [2.24, 2.45) is 0 Å². The molecule has 0 bridgehead atoms. The number of pyridine rings is 1. The highest BCUT2D eigenvalue weighted by atomic mass is 16.2. The number of carbonyl (C=O) groups is 1. The molecule has 2 amide bonds. The fraction of sp³-hybridized carbons (Fsp3) is 0.294. The normalized spacial score (nSPS) is 14.8. The molecule has 2 heterocycles.